The van der Waals surface area contributed by atoms with Gasteiger partial charge >= 0.3 is 11.8 Å². The lowest BCUT2D eigenvalue weighted by molar-refractivity contribution is -0.136. The Morgan fingerprint density at radius 3 is 2.38 bits per heavy atom. The molecular formula is C22H15Cl3FN3O3. The number of rotatable bonds is 6. The second-order valence-electron chi connectivity index (χ2n) is 6.38. The number of benzene rings is 3. The van der Waals surface area contributed by atoms with E-state index in [9.17, 15) is 14.0 Å². The third-order valence-electron chi connectivity index (χ3n) is 4.05. The first-order valence-corrected chi connectivity index (χ1v) is 10.2. The second-order valence-corrected chi connectivity index (χ2v) is 7.63. The van der Waals surface area contributed by atoms with Gasteiger partial charge in [-0.25, -0.2) is 9.82 Å². The van der Waals surface area contributed by atoms with Crippen LogP contribution in [0.5, 0.6) is 5.75 Å². The normalized spacial score (nSPS) is 10.8. The van der Waals surface area contributed by atoms with Crippen LogP contribution in [0.3, 0.4) is 0 Å². The summed E-state index contributed by atoms with van der Waals surface area (Å²) in [6, 6.07) is 15.6. The smallest absolute Gasteiger partial charge is 0.329 e. The molecule has 0 aromatic heterocycles. The lowest BCUT2D eigenvalue weighted by Crippen LogP contribution is -2.32. The molecule has 164 valence electrons. The Bertz CT molecular complexity index is 1170. The van der Waals surface area contributed by atoms with Crippen molar-refractivity contribution < 1.29 is 18.7 Å². The zero-order chi connectivity index (χ0) is 23.1. The molecule has 2 amide bonds. The molecule has 6 nitrogen and oxygen atoms in total. The molecule has 0 spiro atoms. The van der Waals surface area contributed by atoms with E-state index in [4.69, 9.17) is 39.5 Å². The molecule has 0 aliphatic carbocycles. The molecule has 0 unspecified atom stereocenters. The Hall–Kier alpha value is -3.13. The fraction of sp³-hybridized carbons (Fsp3) is 0.0455. The standard InChI is InChI=1S/C22H15Cl3FN3O3/c23-15-4-3-14(18(24)9-15)12-32-17-6-1-13(2-7-17)11-27-29-22(31)21(30)28-16-5-8-20(26)19(25)10-16/h1-11H,12H2,(H,28,30)(H,29,31)/b27-11+. The number of anilines is 1. The molecule has 0 heterocycles. The molecule has 0 aliphatic rings. The quantitative estimate of drug-likeness (QED) is 0.271. The number of carbonyl (C=O) groups is 2. The SMILES string of the molecule is O=C(N/N=C/c1ccc(OCc2ccc(Cl)cc2Cl)cc1)C(=O)Nc1ccc(F)c(Cl)c1. The number of ether oxygens (including phenoxy) is 1. The minimum absolute atomic E-state index is 0.176. The topological polar surface area (TPSA) is 79.8 Å². The van der Waals surface area contributed by atoms with E-state index < -0.39 is 17.6 Å². The van der Waals surface area contributed by atoms with Gasteiger partial charge in [-0.3, -0.25) is 9.59 Å². The van der Waals surface area contributed by atoms with Crippen molar-refractivity contribution in [1.82, 2.24) is 5.43 Å². The first-order chi connectivity index (χ1) is 15.3. The number of halogens is 4. The fourth-order valence-electron chi connectivity index (χ4n) is 2.43. The largest absolute Gasteiger partial charge is 0.489 e. The molecule has 0 atom stereocenters. The first kappa shape index (κ1) is 23.5. The Labute approximate surface area is 197 Å². The minimum Gasteiger partial charge on any atom is -0.489 e. The van der Waals surface area contributed by atoms with Crippen LogP contribution < -0.4 is 15.5 Å². The van der Waals surface area contributed by atoms with Gasteiger partial charge in [0, 0.05) is 21.3 Å². The number of nitrogens with zero attached hydrogens (tertiary/aromatic N) is 1. The van der Waals surface area contributed by atoms with Crippen molar-refractivity contribution in [3.05, 3.63) is 92.7 Å². The molecule has 0 radical (unpaired) electrons. The van der Waals surface area contributed by atoms with Crippen molar-refractivity contribution in [2.45, 2.75) is 6.61 Å². The Morgan fingerprint density at radius 1 is 0.938 bits per heavy atom. The third-order valence-corrected chi connectivity index (χ3v) is 4.93. The number of hydrogen-bond donors (Lipinski definition) is 2. The molecule has 0 aliphatic heterocycles. The summed E-state index contributed by atoms with van der Waals surface area (Å²) >= 11 is 17.6. The van der Waals surface area contributed by atoms with Crippen LogP contribution in [0.25, 0.3) is 0 Å². The van der Waals surface area contributed by atoms with Gasteiger partial charge in [0.2, 0.25) is 0 Å². The zero-order valence-corrected chi connectivity index (χ0v) is 18.5. The number of nitrogens with one attached hydrogen (secondary N) is 2. The van der Waals surface area contributed by atoms with Gasteiger partial charge in [-0.1, -0.05) is 40.9 Å². The van der Waals surface area contributed by atoms with Crippen LogP contribution >= 0.6 is 34.8 Å². The summed E-state index contributed by atoms with van der Waals surface area (Å²) in [4.78, 5) is 23.7. The first-order valence-electron chi connectivity index (χ1n) is 9.08. The predicted octanol–water partition coefficient (Wildman–Crippen LogP) is 5.45. The number of hydrogen-bond acceptors (Lipinski definition) is 4. The molecule has 32 heavy (non-hydrogen) atoms. The minimum atomic E-state index is -0.999. The molecule has 0 bridgehead atoms. The monoisotopic (exact) mass is 493 g/mol. The summed E-state index contributed by atoms with van der Waals surface area (Å²) in [5.41, 5.74) is 3.74. The van der Waals surface area contributed by atoms with E-state index in [1.807, 2.05) is 0 Å². The average molecular weight is 495 g/mol. The highest BCUT2D eigenvalue weighted by molar-refractivity contribution is 6.40. The van der Waals surface area contributed by atoms with Crippen molar-refractivity contribution in [2.24, 2.45) is 5.10 Å². The van der Waals surface area contributed by atoms with Crippen molar-refractivity contribution in [2.75, 3.05) is 5.32 Å². The van der Waals surface area contributed by atoms with Gasteiger partial charge in [0.05, 0.1) is 11.2 Å². The fourth-order valence-corrected chi connectivity index (χ4v) is 3.07. The summed E-state index contributed by atoms with van der Waals surface area (Å²) in [5, 5.41) is 6.92. The number of carbonyl (C=O) groups excluding carboxylic acids is 2. The van der Waals surface area contributed by atoms with Crippen LogP contribution in [-0.2, 0) is 16.2 Å². The maximum Gasteiger partial charge on any atom is 0.329 e. The van der Waals surface area contributed by atoms with Crippen LogP contribution in [-0.4, -0.2) is 18.0 Å². The molecule has 10 heteroatoms. The molecule has 2 N–H and O–H groups in total. The van der Waals surface area contributed by atoms with Gasteiger partial charge in [0.25, 0.3) is 0 Å². The summed E-state index contributed by atoms with van der Waals surface area (Å²) in [6.45, 7) is 0.272. The highest BCUT2D eigenvalue weighted by Crippen LogP contribution is 2.23. The van der Waals surface area contributed by atoms with Crippen LogP contribution in [0.2, 0.25) is 15.1 Å². The lowest BCUT2D eigenvalue weighted by atomic mass is 10.2. The lowest BCUT2D eigenvalue weighted by Gasteiger charge is -2.08. The Morgan fingerprint density at radius 2 is 1.69 bits per heavy atom. The molecule has 3 aromatic carbocycles. The molecular weight excluding hydrogens is 480 g/mol. The zero-order valence-electron chi connectivity index (χ0n) is 16.2. The van der Waals surface area contributed by atoms with Crippen LogP contribution in [0, 0.1) is 5.82 Å². The van der Waals surface area contributed by atoms with Crippen LogP contribution in [0.15, 0.2) is 65.8 Å². The van der Waals surface area contributed by atoms with E-state index in [0.29, 0.717) is 21.4 Å². The van der Waals surface area contributed by atoms with Gasteiger partial charge in [0.1, 0.15) is 18.2 Å². The van der Waals surface area contributed by atoms with E-state index >= 15 is 0 Å². The van der Waals surface area contributed by atoms with E-state index in [0.717, 1.165) is 11.6 Å². The molecule has 3 rings (SSSR count). The Balaban J connectivity index is 1.49. The number of amides is 2. The number of hydrazone groups is 1. The van der Waals surface area contributed by atoms with E-state index in [1.165, 1.54) is 18.3 Å². The van der Waals surface area contributed by atoms with Crippen molar-refractivity contribution >= 4 is 58.5 Å². The van der Waals surface area contributed by atoms with E-state index in [-0.39, 0.29) is 17.3 Å². The van der Waals surface area contributed by atoms with Gasteiger partial charge in [0.15, 0.2) is 0 Å². The maximum absolute atomic E-state index is 13.1. The molecule has 0 fully saturated rings. The summed E-state index contributed by atoms with van der Waals surface area (Å²) in [5.74, 6) is -2.01. The van der Waals surface area contributed by atoms with Crippen LogP contribution in [0.1, 0.15) is 11.1 Å². The van der Waals surface area contributed by atoms with Gasteiger partial charge in [-0.2, -0.15) is 5.10 Å². The average Bonchev–Trinajstić information content (AvgIpc) is 2.76. The van der Waals surface area contributed by atoms with Gasteiger partial charge in [-0.15, -0.1) is 0 Å². The Kier molecular flexibility index (Phi) is 8.05. The molecule has 3 aromatic rings. The summed E-state index contributed by atoms with van der Waals surface area (Å²) < 4.78 is 18.8. The van der Waals surface area contributed by atoms with Gasteiger partial charge in [-0.05, 0) is 60.2 Å². The highest BCUT2D eigenvalue weighted by Gasteiger charge is 2.13. The second kappa shape index (κ2) is 10.9. The van der Waals surface area contributed by atoms with E-state index in [1.54, 1.807) is 42.5 Å². The highest BCUT2D eigenvalue weighted by atomic mass is 35.5. The third kappa shape index (κ3) is 6.68. The maximum atomic E-state index is 13.1. The van der Waals surface area contributed by atoms with Crippen molar-refractivity contribution in [1.29, 1.82) is 0 Å². The molecule has 0 saturated carbocycles. The van der Waals surface area contributed by atoms with E-state index in [2.05, 4.69) is 15.8 Å². The van der Waals surface area contributed by atoms with Crippen molar-refractivity contribution in [3.8, 4) is 5.75 Å². The van der Waals surface area contributed by atoms with Gasteiger partial charge < -0.3 is 10.1 Å². The van der Waals surface area contributed by atoms with Crippen molar-refractivity contribution in [3.63, 3.8) is 0 Å². The predicted molar refractivity (Wildman–Crippen MR) is 123 cm³/mol. The molecule has 0 saturated heterocycles. The summed E-state index contributed by atoms with van der Waals surface area (Å²) in [7, 11) is 0. The summed E-state index contributed by atoms with van der Waals surface area (Å²) in [6.07, 6.45) is 1.36. The van der Waals surface area contributed by atoms with Crippen LogP contribution in [0.4, 0.5) is 10.1 Å².